The molecule has 3 nitrogen and oxygen atoms in total. The first-order chi connectivity index (χ1) is 13.9. The molecule has 0 radical (unpaired) electrons. The van der Waals surface area contributed by atoms with Gasteiger partial charge in [0.05, 0.1) is 5.69 Å². The van der Waals surface area contributed by atoms with Crippen molar-refractivity contribution in [2.75, 3.05) is 0 Å². The summed E-state index contributed by atoms with van der Waals surface area (Å²) in [6.07, 6.45) is 1.99. The van der Waals surface area contributed by atoms with Crippen LogP contribution in [0.15, 0.2) is 53.1 Å². The van der Waals surface area contributed by atoms with Crippen molar-refractivity contribution in [3.8, 4) is 11.3 Å². The van der Waals surface area contributed by atoms with Crippen LogP contribution in [0.25, 0.3) is 44.1 Å². The molecular formula is C26H24N2O. The molecule has 0 amide bonds. The van der Waals surface area contributed by atoms with Crippen LogP contribution in [0.1, 0.15) is 42.1 Å². The van der Waals surface area contributed by atoms with Crippen LogP contribution in [-0.4, -0.2) is 9.97 Å². The van der Waals surface area contributed by atoms with Crippen LogP contribution in [0.4, 0.5) is 0 Å². The molecule has 0 aliphatic rings. The standard InChI is InChI=1S/C26H24N2O/c1-14(2)18-7-6-8-20-23(18)16(4)13-27-24(20)22-12-15(3)11-21-19-10-9-17(5)28-26(19)29-25(21)22/h6-14H,1-5H3. The topological polar surface area (TPSA) is 38.9 Å². The zero-order valence-electron chi connectivity index (χ0n) is 17.5. The number of furan rings is 1. The summed E-state index contributed by atoms with van der Waals surface area (Å²) in [7, 11) is 0. The molecule has 0 aliphatic carbocycles. The molecule has 0 atom stereocenters. The van der Waals surface area contributed by atoms with Crippen LogP contribution in [0.2, 0.25) is 0 Å². The summed E-state index contributed by atoms with van der Waals surface area (Å²) in [5.74, 6) is 0.448. The predicted molar refractivity (Wildman–Crippen MR) is 121 cm³/mol. The summed E-state index contributed by atoms with van der Waals surface area (Å²) in [4.78, 5) is 9.48. The molecule has 0 aliphatic heterocycles. The lowest BCUT2D eigenvalue weighted by molar-refractivity contribution is 0.653. The first-order valence-corrected chi connectivity index (χ1v) is 10.1. The summed E-state index contributed by atoms with van der Waals surface area (Å²) < 4.78 is 6.28. The molecule has 0 saturated carbocycles. The number of benzene rings is 2. The van der Waals surface area contributed by atoms with Gasteiger partial charge in [-0.05, 0) is 73.0 Å². The van der Waals surface area contributed by atoms with Crippen molar-refractivity contribution in [1.82, 2.24) is 9.97 Å². The van der Waals surface area contributed by atoms with Gasteiger partial charge in [0.2, 0.25) is 5.71 Å². The van der Waals surface area contributed by atoms with Crippen LogP contribution in [0.5, 0.6) is 0 Å². The van der Waals surface area contributed by atoms with Crippen molar-refractivity contribution in [2.45, 2.75) is 40.5 Å². The molecule has 0 fully saturated rings. The Morgan fingerprint density at radius 2 is 1.72 bits per heavy atom. The van der Waals surface area contributed by atoms with E-state index in [1.54, 1.807) is 0 Å². The molecule has 3 heteroatoms. The zero-order valence-corrected chi connectivity index (χ0v) is 17.5. The Morgan fingerprint density at radius 1 is 0.897 bits per heavy atom. The third-order valence-electron chi connectivity index (χ3n) is 5.73. The van der Waals surface area contributed by atoms with Gasteiger partial charge in [0, 0.05) is 33.6 Å². The number of aromatic nitrogens is 2. The van der Waals surface area contributed by atoms with Crippen molar-refractivity contribution in [2.24, 2.45) is 0 Å². The predicted octanol–water partition coefficient (Wildman–Crippen LogP) is 7.24. The highest BCUT2D eigenvalue weighted by molar-refractivity contribution is 6.11. The molecule has 5 aromatic rings. The van der Waals surface area contributed by atoms with Gasteiger partial charge in [-0.3, -0.25) is 4.98 Å². The Hall–Kier alpha value is -3.20. The number of nitrogens with zero attached hydrogens (tertiary/aromatic N) is 2. The van der Waals surface area contributed by atoms with Crippen molar-refractivity contribution < 1.29 is 4.42 Å². The fourth-order valence-corrected chi connectivity index (χ4v) is 4.37. The Balaban J connectivity index is 1.92. The maximum atomic E-state index is 6.28. The highest BCUT2D eigenvalue weighted by Gasteiger charge is 2.18. The maximum absolute atomic E-state index is 6.28. The number of aryl methyl sites for hydroxylation is 3. The quantitative estimate of drug-likeness (QED) is 0.324. The van der Waals surface area contributed by atoms with E-state index in [9.17, 15) is 0 Å². The van der Waals surface area contributed by atoms with Gasteiger partial charge in [-0.1, -0.05) is 32.0 Å². The van der Waals surface area contributed by atoms with Gasteiger partial charge in [-0.25, -0.2) is 4.98 Å². The smallest absolute Gasteiger partial charge is 0.227 e. The Labute approximate surface area is 170 Å². The SMILES string of the molecule is Cc1cc(-c2ncc(C)c3c(C(C)C)cccc23)c2oc3nc(C)ccc3c2c1. The highest BCUT2D eigenvalue weighted by atomic mass is 16.3. The molecule has 0 bridgehead atoms. The van der Waals surface area contributed by atoms with E-state index in [1.165, 1.54) is 27.5 Å². The van der Waals surface area contributed by atoms with Gasteiger partial charge in [0.1, 0.15) is 5.58 Å². The minimum atomic E-state index is 0.448. The number of fused-ring (bicyclic) bond motifs is 4. The number of rotatable bonds is 2. The minimum absolute atomic E-state index is 0.448. The van der Waals surface area contributed by atoms with Gasteiger partial charge in [-0.2, -0.15) is 0 Å². The summed E-state index contributed by atoms with van der Waals surface area (Å²) in [6.45, 7) is 10.7. The van der Waals surface area contributed by atoms with Gasteiger partial charge in [-0.15, -0.1) is 0 Å². The molecule has 3 heterocycles. The fourth-order valence-electron chi connectivity index (χ4n) is 4.37. The molecule has 2 aromatic carbocycles. The third kappa shape index (κ3) is 2.72. The van der Waals surface area contributed by atoms with E-state index in [0.717, 1.165) is 33.3 Å². The van der Waals surface area contributed by atoms with Gasteiger partial charge < -0.3 is 4.42 Å². The fraction of sp³-hybridized carbons (Fsp3) is 0.231. The zero-order chi connectivity index (χ0) is 20.3. The Bertz CT molecular complexity index is 1410. The minimum Gasteiger partial charge on any atom is -0.437 e. The molecule has 29 heavy (non-hydrogen) atoms. The molecule has 144 valence electrons. The lowest BCUT2D eigenvalue weighted by Gasteiger charge is -2.15. The van der Waals surface area contributed by atoms with E-state index in [4.69, 9.17) is 9.40 Å². The first-order valence-electron chi connectivity index (χ1n) is 10.1. The lowest BCUT2D eigenvalue weighted by Crippen LogP contribution is -1.96. The van der Waals surface area contributed by atoms with Crippen LogP contribution in [0, 0.1) is 20.8 Å². The Kier molecular flexibility index (Phi) is 3.95. The second kappa shape index (κ2) is 6.41. The Morgan fingerprint density at radius 3 is 2.52 bits per heavy atom. The molecule has 5 rings (SSSR count). The van der Waals surface area contributed by atoms with Crippen LogP contribution in [-0.2, 0) is 0 Å². The normalized spacial score (nSPS) is 11.9. The molecule has 0 N–H and O–H groups in total. The van der Waals surface area contributed by atoms with Crippen molar-refractivity contribution in [3.05, 3.63) is 71.0 Å². The molecule has 0 spiro atoms. The van der Waals surface area contributed by atoms with E-state index in [-0.39, 0.29) is 0 Å². The van der Waals surface area contributed by atoms with E-state index >= 15 is 0 Å². The van der Waals surface area contributed by atoms with E-state index in [0.29, 0.717) is 11.6 Å². The van der Waals surface area contributed by atoms with Gasteiger partial charge >= 0.3 is 0 Å². The summed E-state index contributed by atoms with van der Waals surface area (Å²) >= 11 is 0. The second-order valence-electron chi connectivity index (χ2n) is 8.31. The summed E-state index contributed by atoms with van der Waals surface area (Å²) in [5.41, 5.74) is 8.25. The number of hydrogen-bond donors (Lipinski definition) is 0. The molecular weight excluding hydrogens is 356 g/mol. The number of pyridine rings is 2. The van der Waals surface area contributed by atoms with Crippen LogP contribution < -0.4 is 0 Å². The molecule has 0 unspecified atom stereocenters. The third-order valence-corrected chi connectivity index (χ3v) is 5.73. The monoisotopic (exact) mass is 380 g/mol. The average Bonchev–Trinajstić information content (AvgIpc) is 3.04. The van der Waals surface area contributed by atoms with Crippen molar-refractivity contribution in [3.63, 3.8) is 0 Å². The van der Waals surface area contributed by atoms with Gasteiger partial charge in [0.25, 0.3) is 0 Å². The number of hydrogen-bond acceptors (Lipinski definition) is 3. The average molecular weight is 380 g/mol. The largest absolute Gasteiger partial charge is 0.437 e. The summed E-state index contributed by atoms with van der Waals surface area (Å²) in [5, 5.41) is 4.62. The lowest BCUT2D eigenvalue weighted by atomic mass is 9.91. The van der Waals surface area contributed by atoms with Crippen molar-refractivity contribution >= 4 is 32.8 Å². The molecule has 0 saturated heterocycles. The van der Waals surface area contributed by atoms with Gasteiger partial charge in [0.15, 0.2) is 0 Å². The van der Waals surface area contributed by atoms with Crippen molar-refractivity contribution in [1.29, 1.82) is 0 Å². The molecule has 3 aromatic heterocycles. The van der Waals surface area contributed by atoms with Crippen LogP contribution >= 0.6 is 0 Å². The van der Waals surface area contributed by atoms with Crippen LogP contribution in [0.3, 0.4) is 0 Å². The van der Waals surface area contributed by atoms with E-state index in [2.05, 4.69) is 69.1 Å². The first kappa shape index (κ1) is 17.9. The van der Waals surface area contributed by atoms with E-state index in [1.807, 2.05) is 19.2 Å². The summed E-state index contributed by atoms with van der Waals surface area (Å²) in [6, 6.07) is 15.0. The maximum Gasteiger partial charge on any atom is 0.227 e. The highest BCUT2D eigenvalue weighted by Crippen LogP contribution is 2.39. The van der Waals surface area contributed by atoms with E-state index < -0.39 is 0 Å². The second-order valence-corrected chi connectivity index (χ2v) is 8.31.